The Morgan fingerprint density at radius 2 is 1.87 bits per heavy atom. The smallest absolute Gasteiger partial charge is 0.417 e. The van der Waals surface area contributed by atoms with Gasteiger partial charge in [0.05, 0.1) is 30.3 Å². The van der Waals surface area contributed by atoms with Gasteiger partial charge in [-0.2, -0.15) is 13.2 Å². The molecule has 0 saturated carbocycles. The van der Waals surface area contributed by atoms with Gasteiger partial charge in [-0.15, -0.1) is 0 Å². The van der Waals surface area contributed by atoms with E-state index < -0.39 is 22.7 Å². The van der Waals surface area contributed by atoms with Crippen LogP contribution >= 0.6 is 11.6 Å². The third-order valence-electron chi connectivity index (χ3n) is 4.31. The number of carbonyl (C=O) groups is 1. The molecule has 1 amide bonds. The average molecular weight is 458 g/mol. The molecule has 0 aromatic heterocycles. The van der Waals surface area contributed by atoms with Crippen molar-refractivity contribution in [2.45, 2.75) is 19.1 Å². The first-order valence-electron chi connectivity index (χ1n) is 9.30. The minimum atomic E-state index is -4.57. The van der Waals surface area contributed by atoms with Crippen LogP contribution < -0.4 is 14.8 Å². The normalized spacial score (nSPS) is 12.6. The van der Waals surface area contributed by atoms with Crippen LogP contribution in [0.1, 0.15) is 29.7 Å². The first kappa shape index (κ1) is 24.6. The van der Waals surface area contributed by atoms with E-state index in [0.29, 0.717) is 24.7 Å². The van der Waals surface area contributed by atoms with Gasteiger partial charge in [-0.1, -0.05) is 23.7 Å². The van der Waals surface area contributed by atoms with Gasteiger partial charge in [0.2, 0.25) is 5.91 Å². The second-order valence-corrected chi connectivity index (χ2v) is 6.96. The van der Waals surface area contributed by atoms with E-state index in [0.717, 1.165) is 17.7 Å². The molecule has 0 saturated heterocycles. The number of amides is 1. The highest BCUT2D eigenvalue weighted by molar-refractivity contribution is 6.31. The van der Waals surface area contributed by atoms with Crippen LogP contribution in [0.25, 0.3) is 6.08 Å². The third kappa shape index (κ3) is 7.18. The van der Waals surface area contributed by atoms with Gasteiger partial charge < -0.3 is 19.5 Å². The SMILES string of the molecule is COCCOc1ccc(C(C)NC(=O)/C=C/c2ccc(Cl)c(C(F)(F)F)c2)cc1OC. The summed E-state index contributed by atoms with van der Waals surface area (Å²) in [7, 11) is 3.08. The molecule has 1 N–H and O–H groups in total. The van der Waals surface area contributed by atoms with Gasteiger partial charge in [0, 0.05) is 13.2 Å². The number of carbonyl (C=O) groups excluding carboxylic acids is 1. The molecule has 0 radical (unpaired) electrons. The minimum Gasteiger partial charge on any atom is -0.493 e. The van der Waals surface area contributed by atoms with Crippen LogP contribution in [0.4, 0.5) is 13.2 Å². The molecule has 0 heterocycles. The Hall–Kier alpha value is -2.71. The zero-order valence-corrected chi connectivity index (χ0v) is 18.0. The second kappa shape index (κ2) is 11.1. The highest BCUT2D eigenvalue weighted by Gasteiger charge is 2.33. The fourth-order valence-corrected chi connectivity index (χ4v) is 2.91. The fourth-order valence-electron chi connectivity index (χ4n) is 2.69. The lowest BCUT2D eigenvalue weighted by Gasteiger charge is -2.16. The topological polar surface area (TPSA) is 56.8 Å². The molecule has 0 aliphatic rings. The molecule has 0 fully saturated rings. The van der Waals surface area contributed by atoms with E-state index in [1.807, 2.05) is 0 Å². The van der Waals surface area contributed by atoms with Crippen LogP contribution in [0.15, 0.2) is 42.5 Å². The van der Waals surface area contributed by atoms with Crippen molar-refractivity contribution in [2.75, 3.05) is 27.4 Å². The van der Waals surface area contributed by atoms with E-state index >= 15 is 0 Å². The van der Waals surface area contributed by atoms with Crippen LogP contribution in [0.2, 0.25) is 5.02 Å². The predicted molar refractivity (Wildman–Crippen MR) is 112 cm³/mol. The summed E-state index contributed by atoms with van der Waals surface area (Å²) in [6.45, 7) is 2.57. The Bertz CT molecular complexity index is 931. The Labute approximate surface area is 183 Å². The molecule has 9 heteroatoms. The molecule has 31 heavy (non-hydrogen) atoms. The highest BCUT2D eigenvalue weighted by atomic mass is 35.5. The average Bonchev–Trinajstić information content (AvgIpc) is 2.72. The number of rotatable bonds is 9. The van der Waals surface area contributed by atoms with Gasteiger partial charge in [-0.3, -0.25) is 4.79 Å². The summed E-state index contributed by atoms with van der Waals surface area (Å²) < 4.78 is 54.7. The summed E-state index contributed by atoms with van der Waals surface area (Å²) in [6, 6.07) is 8.32. The Morgan fingerprint density at radius 1 is 1.13 bits per heavy atom. The molecule has 2 aromatic rings. The van der Waals surface area contributed by atoms with Crippen molar-refractivity contribution in [1.29, 1.82) is 0 Å². The third-order valence-corrected chi connectivity index (χ3v) is 4.64. The van der Waals surface area contributed by atoms with Crippen molar-refractivity contribution in [1.82, 2.24) is 5.32 Å². The number of benzene rings is 2. The van der Waals surface area contributed by atoms with Crippen molar-refractivity contribution in [3.05, 3.63) is 64.2 Å². The van der Waals surface area contributed by atoms with Crippen molar-refractivity contribution < 1.29 is 32.2 Å². The Balaban J connectivity index is 2.05. The molecular formula is C22H23ClF3NO4. The maximum atomic E-state index is 13.0. The number of methoxy groups -OCH3 is 2. The first-order valence-corrected chi connectivity index (χ1v) is 9.68. The first-order chi connectivity index (χ1) is 14.7. The van der Waals surface area contributed by atoms with Gasteiger partial charge in [-0.05, 0) is 48.4 Å². The van der Waals surface area contributed by atoms with Crippen LogP contribution in [-0.2, 0) is 15.7 Å². The fraction of sp³-hybridized carbons (Fsp3) is 0.318. The van der Waals surface area contributed by atoms with Crippen LogP contribution in [0, 0.1) is 0 Å². The number of halogens is 4. The van der Waals surface area contributed by atoms with Gasteiger partial charge in [0.1, 0.15) is 6.61 Å². The molecular weight excluding hydrogens is 435 g/mol. The van der Waals surface area contributed by atoms with Crippen LogP contribution in [0.3, 0.4) is 0 Å². The second-order valence-electron chi connectivity index (χ2n) is 6.55. The van der Waals surface area contributed by atoms with E-state index in [1.165, 1.54) is 25.3 Å². The van der Waals surface area contributed by atoms with Crippen molar-refractivity contribution >= 4 is 23.6 Å². The molecule has 0 bridgehead atoms. The van der Waals surface area contributed by atoms with Crippen molar-refractivity contribution in [2.24, 2.45) is 0 Å². The maximum Gasteiger partial charge on any atom is 0.417 e. The quantitative estimate of drug-likeness (QED) is 0.411. The van der Waals surface area contributed by atoms with E-state index in [2.05, 4.69) is 5.32 Å². The standard InChI is InChI=1S/C22H23ClF3NO4/c1-14(16-6-8-19(20(13-16)30-3)31-11-10-29-2)27-21(28)9-5-15-4-7-18(23)17(12-15)22(24,25)26/h4-9,12-14H,10-11H2,1-3H3,(H,27,28)/b9-5+. The minimum absolute atomic E-state index is 0.207. The molecule has 0 aliphatic carbocycles. The monoisotopic (exact) mass is 457 g/mol. The summed E-state index contributed by atoms with van der Waals surface area (Å²) >= 11 is 5.60. The van der Waals surface area contributed by atoms with Gasteiger partial charge in [0.15, 0.2) is 11.5 Å². The van der Waals surface area contributed by atoms with Crippen LogP contribution in [0.5, 0.6) is 11.5 Å². The summed E-state index contributed by atoms with van der Waals surface area (Å²) in [5.41, 5.74) is 0.0206. The zero-order chi connectivity index (χ0) is 23.0. The van der Waals surface area contributed by atoms with Gasteiger partial charge in [0.25, 0.3) is 0 Å². The Morgan fingerprint density at radius 3 is 2.52 bits per heavy atom. The lowest BCUT2D eigenvalue weighted by Crippen LogP contribution is -2.24. The van der Waals surface area contributed by atoms with E-state index in [-0.39, 0.29) is 11.6 Å². The number of hydrogen-bond donors (Lipinski definition) is 1. The van der Waals surface area contributed by atoms with Crippen LogP contribution in [-0.4, -0.2) is 33.3 Å². The summed E-state index contributed by atoms with van der Waals surface area (Å²) in [4.78, 5) is 12.2. The summed E-state index contributed by atoms with van der Waals surface area (Å²) in [6.07, 6.45) is -2.11. The molecule has 5 nitrogen and oxygen atoms in total. The predicted octanol–water partition coefficient (Wildman–Crippen LogP) is 5.28. The molecule has 1 unspecified atom stereocenters. The lowest BCUT2D eigenvalue weighted by atomic mass is 10.1. The van der Waals surface area contributed by atoms with Crippen molar-refractivity contribution in [3.63, 3.8) is 0 Å². The highest BCUT2D eigenvalue weighted by Crippen LogP contribution is 2.35. The zero-order valence-electron chi connectivity index (χ0n) is 17.3. The molecule has 1 atom stereocenters. The van der Waals surface area contributed by atoms with Gasteiger partial charge >= 0.3 is 6.18 Å². The molecule has 0 spiro atoms. The number of nitrogens with one attached hydrogen (secondary N) is 1. The molecule has 2 aromatic carbocycles. The maximum absolute atomic E-state index is 13.0. The number of hydrogen-bond acceptors (Lipinski definition) is 4. The molecule has 2 rings (SSSR count). The van der Waals surface area contributed by atoms with Gasteiger partial charge in [-0.25, -0.2) is 0 Å². The molecule has 168 valence electrons. The van der Waals surface area contributed by atoms with E-state index in [1.54, 1.807) is 32.2 Å². The van der Waals surface area contributed by atoms with E-state index in [4.69, 9.17) is 25.8 Å². The largest absolute Gasteiger partial charge is 0.493 e. The number of alkyl halides is 3. The van der Waals surface area contributed by atoms with Crippen molar-refractivity contribution in [3.8, 4) is 11.5 Å². The Kier molecular flexibility index (Phi) is 8.76. The number of ether oxygens (including phenoxy) is 3. The lowest BCUT2D eigenvalue weighted by molar-refractivity contribution is -0.137. The van der Waals surface area contributed by atoms with E-state index in [9.17, 15) is 18.0 Å². The molecule has 0 aliphatic heterocycles. The summed E-state index contributed by atoms with van der Waals surface area (Å²) in [5.74, 6) is 0.589. The summed E-state index contributed by atoms with van der Waals surface area (Å²) in [5, 5.41) is 2.36.